The molecule has 0 saturated heterocycles. The summed E-state index contributed by atoms with van der Waals surface area (Å²) in [4.78, 5) is 0. The molecule has 0 bridgehead atoms. The molecule has 102 valence electrons. The van der Waals surface area contributed by atoms with Crippen LogP contribution in [-0.2, 0) is 4.74 Å². The quantitative estimate of drug-likeness (QED) is 0.760. The molecule has 1 rings (SSSR count). The van der Waals surface area contributed by atoms with Gasteiger partial charge in [-0.2, -0.15) is 0 Å². The highest BCUT2D eigenvalue weighted by Gasteiger charge is 2.09. The minimum atomic E-state index is -0.872. The highest BCUT2D eigenvalue weighted by Crippen LogP contribution is 2.15. The van der Waals surface area contributed by atoms with Crippen molar-refractivity contribution in [2.45, 2.75) is 32.7 Å². The van der Waals surface area contributed by atoms with Gasteiger partial charge in [-0.3, -0.25) is 0 Å². The molecule has 1 unspecified atom stereocenters. The summed E-state index contributed by atoms with van der Waals surface area (Å²) in [6.45, 7) is 5.29. The third-order valence-electron chi connectivity index (χ3n) is 2.74. The summed E-state index contributed by atoms with van der Waals surface area (Å²) < 4.78 is 31.2. The van der Waals surface area contributed by atoms with E-state index in [-0.39, 0.29) is 0 Å². The fraction of sp³-hybridized carbons (Fsp3) is 0.571. The van der Waals surface area contributed by atoms with E-state index >= 15 is 0 Å². The SMILES string of the molecule is CC(C)CCCOCC(N)c1ccc(F)c(F)c1. The van der Waals surface area contributed by atoms with Crippen molar-refractivity contribution in [1.29, 1.82) is 0 Å². The zero-order chi connectivity index (χ0) is 13.5. The van der Waals surface area contributed by atoms with Gasteiger partial charge < -0.3 is 10.5 Å². The average molecular weight is 257 g/mol. The van der Waals surface area contributed by atoms with Gasteiger partial charge in [0.15, 0.2) is 11.6 Å². The van der Waals surface area contributed by atoms with E-state index in [1.165, 1.54) is 6.07 Å². The molecule has 0 radical (unpaired) electrons. The molecule has 18 heavy (non-hydrogen) atoms. The first-order valence-electron chi connectivity index (χ1n) is 6.29. The molecular formula is C14H21F2NO. The Morgan fingerprint density at radius 1 is 1.22 bits per heavy atom. The van der Waals surface area contributed by atoms with Crippen molar-refractivity contribution in [1.82, 2.24) is 0 Å². The molecule has 0 aliphatic rings. The number of nitrogens with two attached hydrogens (primary N) is 1. The van der Waals surface area contributed by atoms with E-state index < -0.39 is 17.7 Å². The van der Waals surface area contributed by atoms with Crippen LogP contribution in [0.3, 0.4) is 0 Å². The van der Waals surface area contributed by atoms with Crippen LogP contribution in [0.5, 0.6) is 0 Å². The first-order valence-corrected chi connectivity index (χ1v) is 6.29. The minimum Gasteiger partial charge on any atom is -0.379 e. The van der Waals surface area contributed by atoms with E-state index in [1.807, 2.05) is 0 Å². The summed E-state index contributed by atoms with van der Waals surface area (Å²) >= 11 is 0. The Labute approximate surface area is 107 Å². The second-order valence-corrected chi connectivity index (χ2v) is 4.89. The van der Waals surface area contributed by atoms with Gasteiger partial charge in [0.05, 0.1) is 12.6 Å². The van der Waals surface area contributed by atoms with E-state index in [9.17, 15) is 8.78 Å². The Morgan fingerprint density at radius 2 is 1.94 bits per heavy atom. The first kappa shape index (κ1) is 15.1. The van der Waals surface area contributed by atoms with Crippen molar-refractivity contribution in [3.63, 3.8) is 0 Å². The van der Waals surface area contributed by atoms with Crippen LogP contribution in [0.15, 0.2) is 18.2 Å². The molecule has 4 heteroatoms. The summed E-state index contributed by atoms with van der Waals surface area (Å²) in [6, 6.07) is 3.28. The number of ether oxygens (including phenoxy) is 1. The van der Waals surface area contributed by atoms with Crippen molar-refractivity contribution >= 4 is 0 Å². The van der Waals surface area contributed by atoms with Gasteiger partial charge in [-0.25, -0.2) is 8.78 Å². The zero-order valence-electron chi connectivity index (χ0n) is 11.0. The van der Waals surface area contributed by atoms with Gasteiger partial charge in [-0.05, 0) is 36.5 Å². The van der Waals surface area contributed by atoms with Gasteiger partial charge in [0, 0.05) is 6.61 Å². The minimum absolute atomic E-state index is 0.323. The summed E-state index contributed by atoms with van der Waals surface area (Å²) in [5, 5.41) is 0. The lowest BCUT2D eigenvalue weighted by atomic mass is 10.1. The molecule has 2 nitrogen and oxygen atoms in total. The Hall–Kier alpha value is -1.00. The molecule has 0 aliphatic carbocycles. The summed E-state index contributed by atoms with van der Waals surface area (Å²) in [6.07, 6.45) is 2.10. The summed E-state index contributed by atoms with van der Waals surface area (Å²) in [5.41, 5.74) is 6.40. The molecule has 0 amide bonds. The summed E-state index contributed by atoms with van der Waals surface area (Å²) in [7, 11) is 0. The molecule has 0 aromatic heterocycles. The lowest BCUT2D eigenvalue weighted by molar-refractivity contribution is 0.115. The lowest BCUT2D eigenvalue weighted by Gasteiger charge is -2.13. The second-order valence-electron chi connectivity index (χ2n) is 4.89. The topological polar surface area (TPSA) is 35.2 Å². The van der Waals surface area contributed by atoms with Gasteiger partial charge in [0.2, 0.25) is 0 Å². The summed E-state index contributed by atoms with van der Waals surface area (Å²) in [5.74, 6) is -1.07. The zero-order valence-corrected chi connectivity index (χ0v) is 11.0. The van der Waals surface area contributed by atoms with Gasteiger partial charge in [-0.15, -0.1) is 0 Å². The van der Waals surface area contributed by atoms with E-state index in [0.717, 1.165) is 25.0 Å². The maximum Gasteiger partial charge on any atom is 0.159 e. The third kappa shape index (κ3) is 5.10. The van der Waals surface area contributed by atoms with Gasteiger partial charge >= 0.3 is 0 Å². The standard InChI is InChI=1S/C14H21F2NO/c1-10(2)4-3-7-18-9-14(17)11-5-6-12(15)13(16)8-11/h5-6,8,10,14H,3-4,7,9,17H2,1-2H3. The second kappa shape index (κ2) is 7.44. The van der Waals surface area contributed by atoms with E-state index in [2.05, 4.69) is 13.8 Å². The van der Waals surface area contributed by atoms with Crippen LogP contribution in [0, 0.1) is 17.6 Å². The Kier molecular flexibility index (Phi) is 6.22. The fourth-order valence-corrected chi connectivity index (χ4v) is 1.64. The van der Waals surface area contributed by atoms with E-state index in [1.54, 1.807) is 0 Å². The van der Waals surface area contributed by atoms with Crippen LogP contribution >= 0.6 is 0 Å². The van der Waals surface area contributed by atoms with Crippen LogP contribution in [0.2, 0.25) is 0 Å². The predicted molar refractivity (Wildman–Crippen MR) is 68.2 cm³/mol. The molecule has 0 fully saturated rings. The van der Waals surface area contributed by atoms with Crippen LogP contribution in [0.25, 0.3) is 0 Å². The normalized spacial score (nSPS) is 13.0. The van der Waals surface area contributed by atoms with Crippen molar-refractivity contribution < 1.29 is 13.5 Å². The van der Waals surface area contributed by atoms with Crippen LogP contribution in [0.4, 0.5) is 8.78 Å². The molecule has 0 saturated carbocycles. The van der Waals surface area contributed by atoms with Crippen molar-refractivity contribution in [3.8, 4) is 0 Å². The predicted octanol–water partition coefficient (Wildman–Crippen LogP) is 3.42. The lowest BCUT2D eigenvalue weighted by Crippen LogP contribution is -2.18. The number of halogens is 2. The molecule has 0 heterocycles. The highest BCUT2D eigenvalue weighted by atomic mass is 19.2. The Bertz CT molecular complexity index is 369. The monoisotopic (exact) mass is 257 g/mol. The smallest absolute Gasteiger partial charge is 0.159 e. The molecule has 1 atom stereocenters. The van der Waals surface area contributed by atoms with E-state index in [4.69, 9.17) is 10.5 Å². The van der Waals surface area contributed by atoms with Crippen LogP contribution < -0.4 is 5.73 Å². The molecule has 1 aromatic carbocycles. The van der Waals surface area contributed by atoms with Crippen molar-refractivity contribution in [2.24, 2.45) is 11.7 Å². The highest BCUT2D eigenvalue weighted by molar-refractivity contribution is 5.20. The molecule has 0 spiro atoms. The van der Waals surface area contributed by atoms with Gasteiger partial charge in [0.1, 0.15) is 0 Å². The number of hydrogen-bond acceptors (Lipinski definition) is 2. The van der Waals surface area contributed by atoms with Gasteiger partial charge in [0.25, 0.3) is 0 Å². The first-order chi connectivity index (χ1) is 8.50. The number of benzene rings is 1. The Balaban J connectivity index is 2.31. The molecular weight excluding hydrogens is 236 g/mol. The van der Waals surface area contributed by atoms with E-state index in [0.29, 0.717) is 24.7 Å². The molecule has 2 N–H and O–H groups in total. The fourth-order valence-electron chi connectivity index (χ4n) is 1.64. The van der Waals surface area contributed by atoms with Crippen LogP contribution in [0.1, 0.15) is 38.3 Å². The maximum absolute atomic E-state index is 13.0. The molecule has 0 aliphatic heterocycles. The number of hydrogen-bond donors (Lipinski definition) is 1. The third-order valence-corrected chi connectivity index (χ3v) is 2.74. The van der Waals surface area contributed by atoms with Crippen molar-refractivity contribution in [2.75, 3.05) is 13.2 Å². The number of rotatable bonds is 7. The van der Waals surface area contributed by atoms with Crippen LogP contribution in [-0.4, -0.2) is 13.2 Å². The Morgan fingerprint density at radius 3 is 2.56 bits per heavy atom. The maximum atomic E-state index is 13.0. The largest absolute Gasteiger partial charge is 0.379 e. The van der Waals surface area contributed by atoms with Gasteiger partial charge in [-0.1, -0.05) is 19.9 Å². The van der Waals surface area contributed by atoms with Crippen molar-refractivity contribution in [3.05, 3.63) is 35.4 Å². The average Bonchev–Trinajstić information content (AvgIpc) is 2.31. The molecule has 1 aromatic rings.